The van der Waals surface area contributed by atoms with Gasteiger partial charge in [-0.2, -0.15) is 0 Å². The monoisotopic (exact) mass is 695 g/mol. The zero-order chi connectivity index (χ0) is 35.9. The zero-order valence-corrected chi connectivity index (χ0v) is 33.0. The Morgan fingerprint density at radius 3 is 0.816 bits per heavy atom. The Labute approximate surface area is 304 Å². The van der Waals surface area contributed by atoms with Crippen LogP contribution in [0.3, 0.4) is 0 Å². The van der Waals surface area contributed by atoms with Gasteiger partial charge in [0.25, 0.3) is 0 Å². The van der Waals surface area contributed by atoms with E-state index in [1.54, 1.807) is 0 Å². The van der Waals surface area contributed by atoms with Crippen molar-refractivity contribution in [2.24, 2.45) is 0 Å². The molecule has 0 heterocycles. The number of unbranched alkanes of at least 4 members (excludes halogenated alkanes) is 28. The standard InChI is InChI=1S/C43H82O6/c1-4-7-10-13-16-17-18-19-20-21-22-23-24-25-28-30-33-36-42(45)48-39-40(49-43(46)37-34-31-27-15-12-9-6-3)38-47-41(44)35-32-29-26-14-11-8-5-2/h40H,4-39H2,1-3H3/t40-/m1/s1. The molecule has 0 unspecified atom stereocenters. The van der Waals surface area contributed by atoms with Gasteiger partial charge in [0.05, 0.1) is 0 Å². The number of rotatable bonds is 39. The van der Waals surface area contributed by atoms with Gasteiger partial charge in [-0.15, -0.1) is 0 Å². The van der Waals surface area contributed by atoms with Crippen LogP contribution in [0.15, 0.2) is 0 Å². The molecule has 6 heteroatoms. The third kappa shape index (κ3) is 37.5. The van der Waals surface area contributed by atoms with E-state index in [0.717, 1.165) is 57.8 Å². The minimum Gasteiger partial charge on any atom is -0.462 e. The van der Waals surface area contributed by atoms with Crippen molar-refractivity contribution in [2.75, 3.05) is 13.2 Å². The maximum absolute atomic E-state index is 12.5. The number of ether oxygens (including phenoxy) is 3. The lowest BCUT2D eigenvalue weighted by Crippen LogP contribution is -2.30. The van der Waals surface area contributed by atoms with E-state index in [4.69, 9.17) is 14.2 Å². The fourth-order valence-electron chi connectivity index (χ4n) is 6.32. The van der Waals surface area contributed by atoms with Crippen molar-refractivity contribution < 1.29 is 28.6 Å². The van der Waals surface area contributed by atoms with Crippen LogP contribution in [0, 0.1) is 0 Å². The van der Waals surface area contributed by atoms with Crippen molar-refractivity contribution in [3.63, 3.8) is 0 Å². The number of hydrogen-bond donors (Lipinski definition) is 0. The predicted octanol–water partition coefficient (Wildman–Crippen LogP) is 13.3. The summed E-state index contributed by atoms with van der Waals surface area (Å²) >= 11 is 0. The minimum absolute atomic E-state index is 0.0642. The number of hydrogen-bond acceptors (Lipinski definition) is 6. The molecule has 0 bridgehead atoms. The van der Waals surface area contributed by atoms with Crippen molar-refractivity contribution in [2.45, 2.75) is 245 Å². The first-order valence-corrected chi connectivity index (χ1v) is 21.5. The summed E-state index contributed by atoms with van der Waals surface area (Å²) in [4.78, 5) is 37.3. The average molecular weight is 695 g/mol. The lowest BCUT2D eigenvalue weighted by molar-refractivity contribution is -0.167. The molecule has 0 aliphatic carbocycles. The van der Waals surface area contributed by atoms with Crippen LogP contribution >= 0.6 is 0 Å². The molecule has 49 heavy (non-hydrogen) atoms. The summed E-state index contributed by atoms with van der Waals surface area (Å²) in [6.07, 6.45) is 38.3. The summed E-state index contributed by atoms with van der Waals surface area (Å²) in [5.74, 6) is -0.870. The molecule has 0 fully saturated rings. The highest BCUT2D eigenvalue weighted by molar-refractivity contribution is 5.71. The first kappa shape index (κ1) is 47.4. The molecule has 0 rings (SSSR count). The largest absolute Gasteiger partial charge is 0.462 e. The van der Waals surface area contributed by atoms with Crippen molar-refractivity contribution in [1.29, 1.82) is 0 Å². The second-order valence-corrected chi connectivity index (χ2v) is 14.6. The lowest BCUT2D eigenvalue weighted by atomic mass is 10.0. The predicted molar refractivity (Wildman–Crippen MR) is 206 cm³/mol. The van der Waals surface area contributed by atoms with Crippen LogP contribution in [0.2, 0.25) is 0 Å². The molecule has 0 aromatic carbocycles. The highest BCUT2D eigenvalue weighted by Gasteiger charge is 2.19. The van der Waals surface area contributed by atoms with E-state index >= 15 is 0 Å². The van der Waals surface area contributed by atoms with Gasteiger partial charge >= 0.3 is 17.9 Å². The van der Waals surface area contributed by atoms with E-state index in [1.165, 1.54) is 141 Å². The summed E-state index contributed by atoms with van der Waals surface area (Å²) in [6, 6.07) is 0. The van der Waals surface area contributed by atoms with Gasteiger partial charge < -0.3 is 14.2 Å². The van der Waals surface area contributed by atoms with E-state index < -0.39 is 6.10 Å². The van der Waals surface area contributed by atoms with Gasteiger partial charge in [0, 0.05) is 19.3 Å². The summed E-state index contributed by atoms with van der Waals surface area (Å²) in [6.45, 7) is 6.56. The normalized spacial score (nSPS) is 11.8. The first-order valence-electron chi connectivity index (χ1n) is 21.5. The van der Waals surface area contributed by atoms with Gasteiger partial charge in [-0.25, -0.2) is 0 Å². The second kappa shape index (κ2) is 39.2. The molecule has 0 N–H and O–H groups in total. The molecule has 0 amide bonds. The van der Waals surface area contributed by atoms with Crippen LogP contribution in [0.1, 0.15) is 239 Å². The zero-order valence-electron chi connectivity index (χ0n) is 33.0. The van der Waals surface area contributed by atoms with Crippen LogP contribution in [-0.4, -0.2) is 37.2 Å². The third-order valence-corrected chi connectivity index (χ3v) is 9.61. The van der Waals surface area contributed by atoms with Crippen LogP contribution in [0.25, 0.3) is 0 Å². The Balaban J connectivity index is 4.14. The molecular weight excluding hydrogens is 612 g/mol. The van der Waals surface area contributed by atoms with E-state index in [9.17, 15) is 14.4 Å². The van der Waals surface area contributed by atoms with Gasteiger partial charge in [0.2, 0.25) is 0 Å². The summed E-state index contributed by atoms with van der Waals surface area (Å²) < 4.78 is 16.6. The maximum atomic E-state index is 12.5. The van der Waals surface area contributed by atoms with Crippen molar-refractivity contribution in [3.05, 3.63) is 0 Å². The fraction of sp³-hybridized carbons (Fsp3) is 0.930. The first-order chi connectivity index (χ1) is 24.0. The molecule has 0 aromatic heterocycles. The van der Waals surface area contributed by atoms with Crippen LogP contribution in [-0.2, 0) is 28.6 Å². The lowest BCUT2D eigenvalue weighted by Gasteiger charge is -2.18. The Kier molecular flexibility index (Phi) is 37.9. The Bertz CT molecular complexity index is 723. The summed E-state index contributed by atoms with van der Waals surface area (Å²) in [7, 11) is 0. The van der Waals surface area contributed by atoms with E-state index in [0.29, 0.717) is 19.3 Å². The fourth-order valence-corrected chi connectivity index (χ4v) is 6.32. The number of carbonyl (C=O) groups excluding carboxylic acids is 3. The highest BCUT2D eigenvalue weighted by atomic mass is 16.6. The van der Waals surface area contributed by atoms with Crippen molar-refractivity contribution in [3.8, 4) is 0 Å². The van der Waals surface area contributed by atoms with Crippen LogP contribution < -0.4 is 0 Å². The molecule has 0 aliphatic heterocycles. The SMILES string of the molecule is CCCCCCCCCCCCCCCCCCCC(=O)OC[C@@H](COC(=O)CCCCCCCCC)OC(=O)CCCCCCCCC. The Morgan fingerprint density at radius 2 is 0.551 bits per heavy atom. The van der Waals surface area contributed by atoms with Crippen LogP contribution in [0.4, 0.5) is 0 Å². The highest BCUT2D eigenvalue weighted by Crippen LogP contribution is 2.15. The van der Waals surface area contributed by atoms with Gasteiger partial charge in [0.15, 0.2) is 6.10 Å². The smallest absolute Gasteiger partial charge is 0.306 e. The topological polar surface area (TPSA) is 78.9 Å². The summed E-state index contributed by atoms with van der Waals surface area (Å²) in [5.41, 5.74) is 0. The summed E-state index contributed by atoms with van der Waals surface area (Å²) in [5, 5.41) is 0. The number of esters is 3. The Hall–Kier alpha value is -1.59. The molecule has 1 atom stereocenters. The molecule has 0 radical (unpaired) electrons. The van der Waals surface area contributed by atoms with Crippen LogP contribution in [0.5, 0.6) is 0 Å². The average Bonchev–Trinajstić information content (AvgIpc) is 3.10. The van der Waals surface area contributed by atoms with Crippen molar-refractivity contribution in [1.82, 2.24) is 0 Å². The molecule has 0 saturated heterocycles. The second-order valence-electron chi connectivity index (χ2n) is 14.6. The quantitative estimate of drug-likeness (QED) is 0.0362. The number of carbonyl (C=O) groups is 3. The van der Waals surface area contributed by atoms with E-state index in [1.807, 2.05) is 0 Å². The van der Waals surface area contributed by atoms with Gasteiger partial charge in [0.1, 0.15) is 13.2 Å². The molecule has 0 aromatic rings. The van der Waals surface area contributed by atoms with E-state index in [2.05, 4.69) is 20.8 Å². The molecule has 0 saturated carbocycles. The molecule has 6 nitrogen and oxygen atoms in total. The maximum Gasteiger partial charge on any atom is 0.306 e. The minimum atomic E-state index is -0.755. The van der Waals surface area contributed by atoms with Crippen molar-refractivity contribution >= 4 is 17.9 Å². The van der Waals surface area contributed by atoms with Gasteiger partial charge in [-0.3, -0.25) is 14.4 Å². The molecule has 0 spiro atoms. The third-order valence-electron chi connectivity index (χ3n) is 9.61. The molecule has 290 valence electrons. The van der Waals surface area contributed by atoms with Gasteiger partial charge in [-0.1, -0.05) is 201 Å². The molecule has 0 aliphatic rings. The molecular formula is C43H82O6. The Morgan fingerprint density at radius 1 is 0.327 bits per heavy atom. The van der Waals surface area contributed by atoms with E-state index in [-0.39, 0.29) is 31.1 Å². The van der Waals surface area contributed by atoms with Gasteiger partial charge in [-0.05, 0) is 19.3 Å².